The van der Waals surface area contributed by atoms with Gasteiger partial charge in [0.2, 0.25) is 0 Å². The van der Waals surface area contributed by atoms with E-state index in [-0.39, 0.29) is 12.1 Å². The highest BCUT2D eigenvalue weighted by atomic mass is 16.5. The van der Waals surface area contributed by atoms with Crippen LogP contribution in [0.2, 0.25) is 0 Å². The summed E-state index contributed by atoms with van der Waals surface area (Å²) < 4.78 is 6.02. The van der Waals surface area contributed by atoms with Gasteiger partial charge in [0.15, 0.2) is 0 Å². The van der Waals surface area contributed by atoms with Gasteiger partial charge in [-0.25, -0.2) is 0 Å². The van der Waals surface area contributed by atoms with Crippen LogP contribution in [-0.2, 0) is 4.74 Å². The van der Waals surface area contributed by atoms with Crippen molar-refractivity contribution in [1.29, 1.82) is 0 Å². The zero-order chi connectivity index (χ0) is 13.6. The molecule has 0 aromatic rings. The number of ether oxygens (including phenoxy) is 1. The molecule has 1 saturated carbocycles. The quantitative estimate of drug-likeness (QED) is 0.737. The normalized spacial score (nSPS) is 28.3. The molecule has 0 amide bonds. The van der Waals surface area contributed by atoms with Crippen molar-refractivity contribution in [3.05, 3.63) is 0 Å². The van der Waals surface area contributed by atoms with Crippen molar-refractivity contribution < 1.29 is 9.84 Å². The minimum Gasteiger partial charge on any atom is -0.394 e. The molecule has 3 atom stereocenters. The smallest absolute Gasteiger partial charge is 0.0611 e. The van der Waals surface area contributed by atoms with Crippen LogP contribution in [0.4, 0.5) is 0 Å². The second-order valence-electron chi connectivity index (χ2n) is 6.44. The maximum absolute atomic E-state index is 9.51. The molecule has 0 aliphatic heterocycles. The molecule has 1 aliphatic rings. The van der Waals surface area contributed by atoms with Crippen molar-refractivity contribution in [2.45, 2.75) is 77.5 Å². The average molecular weight is 257 g/mol. The first-order chi connectivity index (χ1) is 8.47. The van der Waals surface area contributed by atoms with Gasteiger partial charge in [0.05, 0.1) is 12.7 Å². The lowest BCUT2D eigenvalue weighted by Gasteiger charge is -2.33. The number of aliphatic hydroxyl groups excluding tert-OH is 1. The minimum atomic E-state index is -0.216. The number of nitrogens with one attached hydrogen (secondary N) is 1. The molecule has 0 radical (unpaired) electrons. The maximum Gasteiger partial charge on any atom is 0.0611 e. The van der Waals surface area contributed by atoms with E-state index in [4.69, 9.17) is 4.74 Å². The third-order valence-corrected chi connectivity index (χ3v) is 4.00. The molecule has 1 rings (SSSR count). The molecule has 3 nitrogen and oxygen atoms in total. The summed E-state index contributed by atoms with van der Waals surface area (Å²) in [4.78, 5) is 0. The van der Waals surface area contributed by atoms with Gasteiger partial charge in [0.1, 0.15) is 0 Å². The molecule has 3 unspecified atom stereocenters. The Morgan fingerprint density at radius 1 is 1.33 bits per heavy atom. The predicted molar refractivity (Wildman–Crippen MR) is 75.8 cm³/mol. The number of aliphatic hydroxyl groups is 1. The average Bonchev–Trinajstić information content (AvgIpc) is 2.31. The Morgan fingerprint density at radius 3 is 2.56 bits per heavy atom. The molecule has 0 heterocycles. The van der Waals surface area contributed by atoms with Crippen molar-refractivity contribution in [2.24, 2.45) is 5.92 Å². The lowest BCUT2D eigenvalue weighted by atomic mass is 9.88. The highest BCUT2D eigenvalue weighted by Gasteiger charge is 2.26. The third-order valence-electron chi connectivity index (χ3n) is 4.00. The van der Waals surface area contributed by atoms with Gasteiger partial charge in [-0.05, 0) is 32.1 Å². The fraction of sp³-hybridized carbons (Fsp3) is 1.00. The highest BCUT2D eigenvalue weighted by molar-refractivity contribution is 4.84. The Labute approximate surface area is 112 Å². The summed E-state index contributed by atoms with van der Waals surface area (Å²) in [7, 11) is 0. The zero-order valence-electron chi connectivity index (χ0n) is 12.5. The fourth-order valence-corrected chi connectivity index (χ4v) is 2.86. The molecule has 0 bridgehead atoms. The van der Waals surface area contributed by atoms with Crippen LogP contribution in [0.15, 0.2) is 0 Å². The van der Waals surface area contributed by atoms with Gasteiger partial charge in [0, 0.05) is 18.2 Å². The van der Waals surface area contributed by atoms with Crippen LogP contribution >= 0.6 is 0 Å². The summed E-state index contributed by atoms with van der Waals surface area (Å²) >= 11 is 0. The lowest BCUT2D eigenvalue weighted by molar-refractivity contribution is -0.0178. The van der Waals surface area contributed by atoms with Crippen molar-refractivity contribution in [3.63, 3.8) is 0 Å². The van der Waals surface area contributed by atoms with Gasteiger partial charge in [-0.3, -0.25) is 0 Å². The number of rotatable bonds is 7. The van der Waals surface area contributed by atoms with Gasteiger partial charge in [-0.15, -0.1) is 0 Å². The summed E-state index contributed by atoms with van der Waals surface area (Å²) in [5.41, 5.74) is -0.216. The van der Waals surface area contributed by atoms with E-state index in [1.807, 2.05) is 0 Å². The van der Waals surface area contributed by atoms with Crippen LogP contribution in [-0.4, -0.2) is 36.0 Å². The number of hydrogen-bond donors (Lipinski definition) is 2. The lowest BCUT2D eigenvalue weighted by Crippen LogP contribution is -2.50. The van der Waals surface area contributed by atoms with Crippen LogP contribution in [0.25, 0.3) is 0 Å². The van der Waals surface area contributed by atoms with Gasteiger partial charge in [0.25, 0.3) is 0 Å². The molecule has 0 spiro atoms. The first-order valence-electron chi connectivity index (χ1n) is 7.47. The van der Waals surface area contributed by atoms with E-state index in [9.17, 15) is 5.11 Å². The molecule has 18 heavy (non-hydrogen) atoms. The van der Waals surface area contributed by atoms with Gasteiger partial charge in [-0.2, -0.15) is 0 Å². The van der Waals surface area contributed by atoms with E-state index in [0.29, 0.717) is 18.1 Å². The van der Waals surface area contributed by atoms with E-state index >= 15 is 0 Å². The van der Waals surface area contributed by atoms with Crippen LogP contribution in [0.3, 0.4) is 0 Å². The summed E-state index contributed by atoms with van der Waals surface area (Å²) in [6, 6.07) is 0.385. The molecule has 2 N–H and O–H groups in total. The number of hydrogen-bond acceptors (Lipinski definition) is 3. The van der Waals surface area contributed by atoms with Crippen LogP contribution in [0.5, 0.6) is 0 Å². The van der Waals surface area contributed by atoms with Crippen molar-refractivity contribution in [2.75, 3.05) is 13.2 Å². The molecule has 108 valence electrons. The van der Waals surface area contributed by atoms with E-state index in [0.717, 1.165) is 13.0 Å². The highest BCUT2D eigenvalue weighted by Crippen LogP contribution is 2.26. The van der Waals surface area contributed by atoms with Gasteiger partial charge >= 0.3 is 0 Å². The van der Waals surface area contributed by atoms with Crippen LogP contribution in [0.1, 0.15) is 59.8 Å². The predicted octanol–water partition coefficient (Wildman–Crippen LogP) is 2.72. The van der Waals surface area contributed by atoms with E-state index in [1.165, 1.54) is 25.7 Å². The monoisotopic (exact) mass is 257 g/mol. The van der Waals surface area contributed by atoms with E-state index in [1.54, 1.807) is 0 Å². The molecule has 0 aromatic carbocycles. The summed E-state index contributed by atoms with van der Waals surface area (Å²) in [5, 5.41) is 12.9. The minimum absolute atomic E-state index is 0.161. The molecule has 0 saturated heterocycles. The van der Waals surface area contributed by atoms with Gasteiger partial charge < -0.3 is 15.2 Å². The molecular formula is C15H31NO2. The third kappa shape index (κ3) is 5.25. The molecular weight excluding hydrogens is 226 g/mol. The topological polar surface area (TPSA) is 41.5 Å². The zero-order valence-corrected chi connectivity index (χ0v) is 12.5. The molecule has 0 aromatic heterocycles. The summed E-state index contributed by atoms with van der Waals surface area (Å²) in [6.45, 7) is 9.48. The maximum atomic E-state index is 9.51. The standard InChI is InChI=1S/C15H31NO2/c1-12(2)16-15(4,11-17)9-10-18-14-8-6-5-7-13(14)3/h12-14,16-17H,5-11H2,1-4H3. The Morgan fingerprint density at radius 2 is 2.00 bits per heavy atom. The SMILES string of the molecule is CC(C)NC(C)(CO)CCOC1CCCCC1C. The Kier molecular flexibility index (Phi) is 6.61. The van der Waals surface area contributed by atoms with E-state index in [2.05, 4.69) is 33.0 Å². The van der Waals surface area contributed by atoms with Crippen molar-refractivity contribution >= 4 is 0 Å². The van der Waals surface area contributed by atoms with Crippen molar-refractivity contribution in [1.82, 2.24) is 5.32 Å². The second-order valence-corrected chi connectivity index (χ2v) is 6.44. The van der Waals surface area contributed by atoms with Crippen LogP contribution < -0.4 is 5.32 Å². The summed E-state index contributed by atoms with van der Waals surface area (Å²) in [6.07, 6.45) is 6.45. The second kappa shape index (κ2) is 7.46. The Hall–Kier alpha value is -0.120. The molecule has 3 heteroatoms. The van der Waals surface area contributed by atoms with E-state index < -0.39 is 0 Å². The van der Waals surface area contributed by atoms with Gasteiger partial charge in [-0.1, -0.05) is 33.6 Å². The molecule has 1 fully saturated rings. The van der Waals surface area contributed by atoms with Crippen molar-refractivity contribution in [3.8, 4) is 0 Å². The Balaban J connectivity index is 2.30. The molecule has 1 aliphatic carbocycles. The fourth-order valence-electron chi connectivity index (χ4n) is 2.86. The first-order valence-corrected chi connectivity index (χ1v) is 7.47. The summed E-state index contributed by atoms with van der Waals surface area (Å²) in [5.74, 6) is 0.692. The van der Waals surface area contributed by atoms with Crippen LogP contribution in [0, 0.1) is 5.92 Å². The largest absolute Gasteiger partial charge is 0.394 e. The first kappa shape index (κ1) is 15.9. The Bertz CT molecular complexity index is 233.